The molecule has 2 aromatic carbocycles. The van der Waals surface area contributed by atoms with Crippen molar-refractivity contribution in [2.45, 2.75) is 13.0 Å². The summed E-state index contributed by atoms with van der Waals surface area (Å²) in [6, 6.07) is 15.2. The SMILES string of the molecule is CC(NC(=O)c1cn(-c2ccccc2)nn1)c1ccc(F)cc1. The van der Waals surface area contributed by atoms with Gasteiger partial charge >= 0.3 is 0 Å². The van der Waals surface area contributed by atoms with Crippen molar-refractivity contribution in [2.75, 3.05) is 0 Å². The molecule has 1 N–H and O–H groups in total. The molecule has 116 valence electrons. The van der Waals surface area contributed by atoms with Gasteiger partial charge in [0.1, 0.15) is 5.82 Å². The van der Waals surface area contributed by atoms with Gasteiger partial charge in [-0.05, 0) is 36.8 Å². The molecular formula is C17H15FN4O. The molecule has 1 amide bonds. The van der Waals surface area contributed by atoms with Gasteiger partial charge in [-0.1, -0.05) is 35.5 Å². The van der Waals surface area contributed by atoms with Gasteiger partial charge in [0.25, 0.3) is 5.91 Å². The summed E-state index contributed by atoms with van der Waals surface area (Å²) >= 11 is 0. The molecule has 0 radical (unpaired) electrons. The third kappa shape index (κ3) is 3.42. The Labute approximate surface area is 132 Å². The van der Waals surface area contributed by atoms with E-state index in [1.54, 1.807) is 18.3 Å². The number of hydrogen-bond acceptors (Lipinski definition) is 3. The van der Waals surface area contributed by atoms with Crippen molar-refractivity contribution >= 4 is 5.91 Å². The molecule has 0 bridgehead atoms. The predicted molar refractivity (Wildman–Crippen MR) is 83.6 cm³/mol. The van der Waals surface area contributed by atoms with E-state index in [2.05, 4.69) is 15.6 Å². The van der Waals surface area contributed by atoms with Crippen LogP contribution in [0.4, 0.5) is 4.39 Å². The van der Waals surface area contributed by atoms with Gasteiger partial charge in [0.2, 0.25) is 0 Å². The van der Waals surface area contributed by atoms with Crippen LogP contribution >= 0.6 is 0 Å². The summed E-state index contributed by atoms with van der Waals surface area (Å²) in [6.07, 6.45) is 1.57. The van der Waals surface area contributed by atoms with Crippen LogP contribution < -0.4 is 5.32 Å². The van der Waals surface area contributed by atoms with E-state index in [0.717, 1.165) is 11.3 Å². The van der Waals surface area contributed by atoms with Crippen molar-refractivity contribution in [3.63, 3.8) is 0 Å². The fourth-order valence-electron chi connectivity index (χ4n) is 2.18. The highest BCUT2D eigenvalue weighted by Gasteiger charge is 2.15. The lowest BCUT2D eigenvalue weighted by Crippen LogP contribution is -2.27. The van der Waals surface area contributed by atoms with Crippen LogP contribution in [0.25, 0.3) is 5.69 Å². The van der Waals surface area contributed by atoms with Gasteiger partial charge < -0.3 is 5.32 Å². The van der Waals surface area contributed by atoms with Crippen molar-refractivity contribution in [3.05, 3.63) is 77.9 Å². The highest BCUT2D eigenvalue weighted by molar-refractivity contribution is 5.92. The van der Waals surface area contributed by atoms with Crippen LogP contribution in [-0.2, 0) is 0 Å². The number of benzene rings is 2. The Kier molecular flexibility index (Phi) is 4.14. The molecule has 1 unspecified atom stereocenters. The molecule has 0 spiro atoms. The number of nitrogens with zero attached hydrogens (tertiary/aromatic N) is 3. The molecule has 0 saturated carbocycles. The molecule has 0 aliphatic heterocycles. The fraction of sp³-hybridized carbons (Fsp3) is 0.118. The Hall–Kier alpha value is -3.02. The van der Waals surface area contributed by atoms with Crippen molar-refractivity contribution < 1.29 is 9.18 Å². The first-order chi connectivity index (χ1) is 11.1. The van der Waals surface area contributed by atoms with Crippen LogP contribution in [0.5, 0.6) is 0 Å². The molecule has 5 nitrogen and oxygen atoms in total. The maximum Gasteiger partial charge on any atom is 0.273 e. The van der Waals surface area contributed by atoms with Crippen LogP contribution in [-0.4, -0.2) is 20.9 Å². The molecule has 3 rings (SSSR count). The van der Waals surface area contributed by atoms with Gasteiger partial charge in [-0.3, -0.25) is 4.79 Å². The number of rotatable bonds is 4. The van der Waals surface area contributed by atoms with Crippen molar-refractivity contribution in [2.24, 2.45) is 0 Å². The van der Waals surface area contributed by atoms with Gasteiger partial charge in [-0.15, -0.1) is 5.10 Å². The van der Waals surface area contributed by atoms with Crippen LogP contribution in [0, 0.1) is 5.82 Å². The average Bonchev–Trinajstić information content (AvgIpc) is 3.06. The Bertz CT molecular complexity index is 799. The van der Waals surface area contributed by atoms with Crippen molar-refractivity contribution in [1.29, 1.82) is 0 Å². The van der Waals surface area contributed by atoms with Gasteiger partial charge in [0.15, 0.2) is 5.69 Å². The molecule has 0 aliphatic rings. The van der Waals surface area contributed by atoms with Gasteiger partial charge in [-0.25, -0.2) is 9.07 Å². The Morgan fingerprint density at radius 2 is 1.83 bits per heavy atom. The first-order valence-electron chi connectivity index (χ1n) is 7.17. The van der Waals surface area contributed by atoms with E-state index in [-0.39, 0.29) is 23.5 Å². The summed E-state index contributed by atoms with van der Waals surface area (Å²) in [4.78, 5) is 12.2. The quantitative estimate of drug-likeness (QED) is 0.806. The Morgan fingerprint density at radius 1 is 1.13 bits per heavy atom. The summed E-state index contributed by atoms with van der Waals surface area (Å²) in [6.45, 7) is 1.83. The minimum atomic E-state index is -0.330. The number of carbonyl (C=O) groups is 1. The van der Waals surface area contributed by atoms with Crippen LogP contribution in [0.1, 0.15) is 29.0 Å². The first kappa shape index (κ1) is 14.9. The smallest absolute Gasteiger partial charge is 0.273 e. The van der Waals surface area contributed by atoms with E-state index in [9.17, 15) is 9.18 Å². The second-order valence-corrected chi connectivity index (χ2v) is 5.13. The van der Waals surface area contributed by atoms with E-state index in [1.165, 1.54) is 16.8 Å². The van der Waals surface area contributed by atoms with E-state index in [1.807, 2.05) is 37.3 Å². The van der Waals surface area contributed by atoms with Crippen molar-refractivity contribution in [3.8, 4) is 5.69 Å². The highest BCUT2D eigenvalue weighted by Crippen LogP contribution is 2.13. The molecular weight excluding hydrogens is 295 g/mol. The van der Waals surface area contributed by atoms with E-state index in [0.29, 0.717) is 0 Å². The summed E-state index contributed by atoms with van der Waals surface area (Å²) < 4.78 is 14.5. The average molecular weight is 310 g/mol. The Balaban J connectivity index is 1.71. The Morgan fingerprint density at radius 3 is 2.52 bits per heavy atom. The largest absolute Gasteiger partial charge is 0.344 e. The molecule has 1 atom stereocenters. The summed E-state index contributed by atoms with van der Waals surface area (Å²) in [5.41, 5.74) is 1.86. The highest BCUT2D eigenvalue weighted by atomic mass is 19.1. The maximum atomic E-state index is 12.9. The van der Waals surface area contributed by atoms with Crippen LogP contribution in [0.2, 0.25) is 0 Å². The zero-order chi connectivity index (χ0) is 16.2. The van der Waals surface area contributed by atoms with E-state index >= 15 is 0 Å². The minimum Gasteiger partial charge on any atom is -0.344 e. The number of nitrogens with one attached hydrogen (secondary N) is 1. The maximum absolute atomic E-state index is 12.9. The number of hydrogen-bond donors (Lipinski definition) is 1. The minimum absolute atomic E-state index is 0.225. The van der Waals surface area contributed by atoms with Crippen LogP contribution in [0.3, 0.4) is 0 Å². The van der Waals surface area contributed by atoms with Crippen LogP contribution in [0.15, 0.2) is 60.8 Å². The normalized spacial score (nSPS) is 11.9. The third-order valence-corrected chi connectivity index (χ3v) is 3.46. The second-order valence-electron chi connectivity index (χ2n) is 5.13. The molecule has 1 heterocycles. The molecule has 0 aliphatic carbocycles. The van der Waals surface area contributed by atoms with E-state index in [4.69, 9.17) is 0 Å². The molecule has 0 fully saturated rings. The van der Waals surface area contributed by atoms with Gasteiger partial charge in [0.05, 0.1) is 17.9 Å². The number of aromatic nitrogens is 3. The lowest BCUT2D eigenvalue weighted by Gasteiger charge is -2.13. The summed E-state index contributed by atoms with van der Waals surface area (Å²) in [5.74, 6) is -0.637. The molecule has 1 aromatic heterocycles. The predicted octanol–water partition coefficient (Wildman–Crippen LogP) is 2.90. The number of halogens is 1. The van der Waals surface area contributed by atoms with Gasteiger partial charge in [0, 0.05) is 0 Å². The fourth-order valence-corrected chi connectivity index (χ4v) is 2.18. The van der Waals surface area contributed by atoms with Crippen molar-refractivity contribution in [1.82, 2.24) is 20.3 Å². The van der Waals surface area contributed by atoms with Gasteiger partial charge in [-0.2, -0.15) is 0 Å². The van der Waals surface area contributed by atoms with E-state index < -0.39 is 0 Å². The molecule has 0 saturated heterocycles. The lowest BCUT2D eigenvalue weighted by atomic mass is 10.1. The summed E-state index contributed by atoms with van der Waals surface area (Å²) in [7, 11) is 0. The standard InChI is InChI=1S/C17H15FN4O/c1-12(13-7-9-14(18)10-8-13)19-17(23)16-11-22(21-20-16)15-5-3-2-4-6-15/h2-12H,1H3,(H,19,23). The zero-order valence-electron chi connectivity index (χ0n) is 12.5. The third-order valence-electron chi connectivity index (χ3n) is 3.46. The topological polar surface area (TPSA) is 59.8 Å². The monoisotopic (exact) mass is 310 g/mol. The molecule has 6 heteroatoms. The first-order valence-corrected chi connectivity index (χ1v) is 7.17. The number of para-hydroxylation sites is 1. The number of amides is 1. The molecule has 23 heavy (non-hydrogen) atoms. The lowest BCUT2D eigenvalue weighted by molar-refractivity contribution is 0.0935. The number of carbonyl (C=O) groups excluding carboxylic acids is 1. The summed E-state index contributed by atoms with van der Waals surface area (Å²) in [5, 5.41) is 10.7. The molecule has 3 aromatic rings. The zero-order valence-corrected chi connectivity index (χ0v) is 12.5. The second kappa shape index (κ2) is 6.39.